The first-order valence-electron chi connectivity index (χ1n) is 7.11. The molecule has 0 aliphatic carbocycles. The summed E-state index contributed by atoms with van der Waals surface area (Å²) < 4.78 is 18.4. The summed E-state index contributed by atoms with van der Waals surface area (Å²) in [6.07, 6.45) is 2.78. The first-order valence-corrected chi connectivity index (χ1v) is 7.11. The third-order valence-electron chi connectivity index (χ3n) is 3.53. The van der Waals surface area contributed by atoms with Gasteiger partial charge in [0.1, 0.15) is 5.82 Å². The van der Waals surface area contributed by atoms with E-state index in [1.54, 1.807) is 12.1 Å². The Morgan fingerprint density at radius 3 is 2.79 bits per heavy atom. The van der Waals surface area contributed by atoms with E-state index in [4.69, 9.17) is 4.74 Å². The molecule has 1 aliphatic heterocycles. The number of halogens is 1. The Kier molecular flexibility index (Phi) is 5.61. The highest BCUT2D eigenvalue weighted by Gasteiger charge is 2.17. The molecule has 1 unspecified atom stereocenters. The molecule has 0 bridgehead atoms. The molecule has 1 heterocycles. The van der Waals surface area contributed by atoms with Gasteiger partial charge >= 0.3 is 0 Å². The zero-order chi connectivity index (χ0) is 13.5. The van der Waals surface area contributed by atoms with Gasteiger partial charge in [0.2, 0.25) is 0 Å². The number of nitrogens with one attached hydrogen (secondary N) is 1. The molecule has 4 heteroatoms. The summed E-state index contributed by atoms with van der Waals surface area (Å²) in [5.41, 5.74) is 0.967. The van der Waals surface area contributed by atoms with Crippen molar-refractivity contribution in [1.82, 2.24) is 4.90 Å². The monoisotopic (exact) mass is 266 g/mol. The standard InChI is InChI=1S/C15H23FN2O/c1-2-18(12-15-4-3-11-19-15)10-9-17-14-7-5-13(16)6-8-14/h5-8,15,17H,2-4,9-12H2,1H3. The highest BCUT2D eigenvalue weighted by atomic mass is 19.1. The minimum Gasteiger partial charge on any atom is -0.384 e. The van der Waals surface area contributed by atoms with Gasteiger partial charge in [-0.15, -0.1) is 0 Å². The summed E-state index contributed by atoms with van der Waals surface area (Å²) >= 11 is 0. The SMILES string of the molecule is CCN(CCNc1ccc(F)cc1)CC1CCCO1. The number of hydrogen-bond donors (Lipinski definition) is 1. The minimum atomic E-state index is -0.195. The van der Waals surface area contributed by atoms with Crippen LogP contribution in [0.2, 0.25) is 0 Å². The molecule has 1 saturated heterocycles. The average Bonchev–Trinajstić information content (AvgIpc) is 2.93. The Labute approximate surface area is 114 Å². The normalized spacial score (nSPS) is 19.0. The van der Waals surface area contributed by atoms with Crippen molar-refractivity contribution in [2.24, 2.45) is 0 Å². The fraction of sp³-hybridized carbons (Fsp3) is 0.600. The number of anilines is 1. The van der Waals surface area contributed by atoms with Crippen molar-refractivity contribution in [3.63, 3.8) is 0 Å². The molecule has 1 fully saturated rings. The summed E-state index contributed by atoms with van der Waals surface area (Å²) in [5, 5.41) is 3.31. The molecule has 2 rings (SSSR count). The van der Waals surface area contributed by atoms with E-state index in [1.807, 2.05) is 0 Å². The van der Waals surface area contributed by atoms with Crippen molar-refractivity contribution in [3.8, 4) is 0 Å². The molecule has 1 aromatic rings. The fourth-order valence-electron chi connectivity index (χ4n) is 2.38. The Balaban J connectivity index is 1.69. The molecule has 0 amide bonds. The van der Waals surface area contributed by atoms with Gasteiger partial charge in [-0.2, -0.15) is 0 Å². The van der Waals surface area contributed by atoms with Crippen LogP contribution in [0.1, 0.15) is 19.8 Å². The Hall–Kier alpha value is -1.13. The quantitative estimate of drug-likeness (QED) is 0.821. The minimum absolute atomic E-state index is 0.195. The molecule has 0 aromatic heterocycles. The van der Waals surface area contributed by atoms with Gasteiger partial charge in [0.25, 0.3) is 0 Å². The van der Waals surface area contributed by atoms with Crippen LogP contribution in [-0.4, -0.2) is 43.8 Å². The molecule has 0 spiro atoms. The first-order chi connectivity index (χ1) is 9.28. The van der Waals surface area contributed by atoms with Crippen molar-refractivity contribution in [2.45, 2.75) is 25.9 Å². The predicted molar refractivity (Wildman–Crippen MR) is 76.0 cm³/mol. The van der Waals surface area contributed by atoms with Gasteiger partial charge in [-0.25, -0.2) is 4.39 Å². The summed E-state index contributed by atoms with van der Waals surface area (Å²) in [4.78, 5) is 2.40. The van der Waals surface area contributed by atoms with E-state index in [0.29, 0.717) is 6.10 Å². The van der Waals surface area contributed by atoms with Gasteiger partial charge in [-0.1, -0.05) is 6.92 Å². The van der Waals surface area contributed by atoms with Crippen LogP contribution in [0.15, 0.2) is 24.3 Å². The van der Waals surface area contributed by atoms with Gasteiger partial charge in [0.05, 0.1) is 6.10 Å². The smallest absolute Gasteiger partial charge is 0.123 e. The van der Waals surface area contributed by atoms with Crippen LogP contribution in [0.3, 0.4) is 0 Å². The third-order valence-corrected chi connectivity index (χ3v) is 3.53. The number of likely N-dealkylation sites (N-methyl/N-ethyl adjacent to an activating group) is 1. The molecule has 106 valence electrons. The second-order valence-corrected chi connectivity index (χ2v) is 4.96. The van der Waals surface area contributed by atoms with Crippen LogP contribution in [0.5, 0.6) is 0 Å². The first kappa shape index (κ1) is 14.3. The van der Waals surface area contributed by atoms with Crippen molar-refractivity contribution in [3.05, 3.63) is 30.1 Å². The van der Waals surface area contributed by atoms with E-state index >= 15 is 0 Å². The summed E-state index contributed by atoms with van der Waals surface area (Å²) in [5.74, 6) is -0.195. The summed E-state index contributed by atoms with van der Waals surface area (Å²) in [7, 11) is 0. The topological polar surface area (TPSA) is 24.5 Å². The molecule has 1 aromatic carbocycles. The maximum Gasteiger partial charge on any atom is 0.123 e. The maximum absolute atomic E-state index is 12.8. The van der Waals surface area contributed by atoms with E-state index < -0.39 is 0 Å². The lowest BCUT2D eigenvalue weighted by atomic mass is 10.2. The molecule has 0 radical (unpaired) electrons. The van der Waals surface area contributed by atoms with Gasteiger partial charge in [0.15, 0.2) is 0 Å². The van der Waals surface area contributed by atoms with Gasteiger partial charge < -0.3 is 10.1 Å². The van der Waals surface area contributed by atoms with Crippen molar-refractivity contribution >= 4 is 5.69 Å². The van der Waals surface area contributed by atoms with Crippen molar-refractivity contribution in [2.75, 3.05) is 38.1 Å². The molecular formula is C15H23FN2O. The van der Waals surface area contributed by atoms with Gasteiger partial charge in [0, 0.05) is 31.9 Å². The highest BCUT2D eigenvalue weighted by molar-refractivity contribution is 5.42. The number of nitrogens with zero attached hydrogens (tertiary/aromatic N) is 1. The second kappa shape index (κ2) is 7.46. The number of rotatable bonds is 7. The summed E-state index contributed by atoms with van der Waals surface area (Å²) in [6, 6.07) is 6.50. The number of hydrogen-bond acceptors (Lipinski definition) is 3. The van der Waals surface area contributed by atoms with Gasteiger partial charge in [-0.05, 0) is 43.7 Å². The van der Waals surface area contributed by atoms with Crippen LogP contribution in [0.4, 0.5) is 10.1 Å². The molecular weight excluding hydrogens is 243 g/mol. The van der Waals surface area contributed by atoms with Crippen molar-refractivity contribution in [1.29, 1.82) is 0 Å². The highest BCUT2D eigenvalue weighted by Crippen LogP contribution is 2.13. The van der Waals surface area contributed by atoms with E-state index in [2.05, 4.69) is 17.1 Å². The molecule has 19 heavy (non-hydrogen) atoms. The van der Waals surface area contributed by atoms with Crippen LogP contribution in [0.25, 0.3) is 0 Å². The van der Waals surface area contributed by atoms with Crippen LogP contribution < -0.4 is 5.32 Å². The summed E-state index contributed by atoms with van der Waals surface area (Å²) in [6.45, 7) is 6.98. The Bertz CT molecular complexity index is 363. The Morgan fingerprint density at radius 2 is 2.16 bits per heavy atom. The lowest BCUT2D eigenvalue weighted by Gasteiger charge is -2.23. The lowest BCUT2D eigenvalue weighted by molar-refractivity contribution is 0.0761. The molecule has 1 atom stereocenters. The average molecular weight is 266 g/mol. The predicted octanol–water partition coefficient (Wildman–Crippen LogP) is 2.74. The van der Waals surface area contributed by atoms with Crippen LogP contribution >= 0.6 is 0 Å². The Morgan fingerprint density at radius 1 is 1.37 bits per heavy atom. The maximum atomic E-state index is 12.8. The third kappa shape index (κ3) is 4.80. The molecule has 0 saturated carbocycles. The van der Waals surface area contributed by atoms with Crippen LogP contribution in [-0.2, 0) is 4.74 Å². The largest absolute Gasteiger partial charge is 0.384 e. The van der Waals surface area contributed by atoms with E-state index in [-0.39, 0.29) is 5.82 Å². The zero-order valence-corrected chi connectivity index (χ0v) is 11.6. The number of ether oxygens (including phenoxy) is 1. The number of benzene rings is 1. The molecule has 3 nitrogen and oxygen atoms in total. The fourth-order valence-corrected chi connectivity index (χ4v) is 2.38. The van der Waals surface area contributed by atoms with Gasteiger partial charge in [-0.3, -0.25) is 4.90 Å². The molecule has 1 aliphatic rings. The van der Waals surface area contributed by atoms with E-state index in [9.17, 15) is 4.39 Å². The lowest BCUT2D eigenvalue weighted by Crippen LogP contribution is -2.35. The van der Waals surface area contributed by atoms with E-state index in [1.165, 1.54) is 25.0 Å². The molecule has 1 N–H and O–H groups in total. The van der Waals surface area contributed by atoms with Crippen molar-refractivity contribution < 1.29 is 9.13 Å². The van der Waals surface area contributed by atoms with Crippen LogP contribution in [0, 0.1) is 5.82 Å². The second-order valence-electron chi connectivity index (χ2n) is 4.96. The zero-order valence-electron chi connectivity index (χ0n) is 11.6. The van der Waals surface area contributed by atoms with E-state index in [0.717, 1.165) is 38.5 Å².